The molecule has 0 aliphatic rings. The van der Waals surface area contributed by atoms with Gasteiger partial charge in [0.05, 0.1) is 5.75 Å². The highest BCUT2D eigenvalue weighted by Gasteiger charge is 2.15. The molecule has 4 nitrogen and oxygen atoms in total. The topological polar surface area (TPSA) is 74.6 Å². The van der Waals surface area contributed by atoms with Gasteiger partial charge in [0.1, 0.15) is 5.75 Å². The van der Waals surface area contributed by atoms with Crippen LogP contribution >= 0.6 is 10.7 Å². The van der Waals surface area contributed by atoms with Crippen molar-refractivity contribution in [2.24, 2.45) is 0 Å². The molecule has 15 heavy (non-hydrogen) atoms. The Bertz CT molecular complexity index is 472. The first-order valence-electron chi connectivity index (χ1n) is 3.93. The van der Waals surface area contributed by atoms with Gasteiger partial charge in [-0.25, -0.2) is 12.8 Å². The summed E-state index contributed by atoms with van der Waals surface area (Å²) in [5.41, 5.74) is -0.265. The second-order valence-corrected chi connectivity index (χ2v) is 5.79. The molecule has 0 saturated carbocycles. The van der Waals surface area contributed by atoms with Crippen LogP contribution in [-0.2, 0) is 15.5 Å². The number of benzene rings is 1. The number of aromatic hydroxyl groups is 2. The van der Waals surface area contributed by atoms with Crippen molar-refractivity contribution < 1.29 is 23.0 Å². The second kappa shape index (κ2) is 4.24. The largest absolute Gasteiger partial charge is 0.508 e. The van der Waals surface area contributed by atoms with Crippen LogP contribution in [0.3, 0.4) is 0 Å². The predicted octanol–water partition coefficient (Wildman–Crippen LogP) is 1.35. The van der Waals surface area contributed by atoms with Gasteiger partial charge in [0, 0.05) is 16.2 Å². The van der Waals surface area contributed by atoms with Gasteiger partial charge in [-0.05, 0) is 18.6 Å². The summed E-state index contributed by atoms with van der Waals surface area (Å²) in [5, 5.41) is 18.2. The third kappa shape index (κ3) is 3.24. The van der Waals surface area contributed by atoms with E-state index in [4.69, 9.17) is 15.8 Å². The molecular weight excluding hydrogens is 247 g/mol. The first kappa shape index (κ1) is 12.1. The van der Waals surface area contributed by atoms with Gasteiger partial charge < -0.3 is 10.2 Å². The molecule has 84 valence electrons. The summed E-state index contributed by atoms with van der Waals surface area (Å²) >= 11 is 0. The predicted molar refractivity (Wildman–Crippen MR) is 53.1 cm³/mol. The Labute approximate surface area is 90.3 Å². The molecule has 0 heterocycles. The van der Waals surface area contributed by atoms with Crippen molar-refractivity contribution in [3.63, 3.8) is 0 Å². The summed E-state index contributed by atoms with van der Waals surface area (Å²) in [5.74, 6) is -2.60. The van der Waals surface area contributed by atoms with Crippen molar-refractivity contribution in [1.29, 1.82) is 0 Å². The Kier molecular flexibility index (Phi) is 3.41. The molecule has 0 aromatic heterocycles. The number of hydrogen-bond donors (Lipinski definition) is 2. The molecule has 0 saturated heterocycles. The summed E-state index contributed by atoms with van der Waals surface area (Å²) in [4.78, 5) is 0. The number of rotatable bonds is 3. The number of hydrogen-bond acceptors (Lipinski definition) is 4. The molecule has 0 aliphatic carbocycles. The maximum atomic E-state index is 13.2. The minimum atomic E-state index is -3.76. The van der Waals surface area contributed by atoms with Crippen LogP contribution in [0, 0.1) is 5.82 Å². The second-order valence-electron chi connectivity index (χ2n) is 2.89. The Hall–Kier alpha value is -1.01. The Morgan fingerprint density at radius 1 is 1.27 bits per heavy atom. The average Bonchev–Trinajstić information content (AvgIpc) is 2.10. The highest BCUT2D eigenvalue weighted by molar-refractivity contribution is 8.13. The van der Waals surface area contributed by atoms with Gasteiger partial charge in [-0.15, -0.1) is 0 Å². The van der Waals surface area contributed by atoms with Crippen molar-refractivity contribution in [3.05, 3.63) is 23.5 Å². The SMILES string of the molecule is O=S(=O)(Cl)CCc1c(O)ccc(O)c1F. The van der Waals surface area contributed by atoms with Crippen molar-refractivity contribution in [1.82, 2.24) is 0 Å². The van der Waals surface area contributed by atoms with Gasteiger partial charge in [-0.1, -0.05) is 0 Å². The van der Waals surface area contributed by atoms with Gasteiger partial charge in [-0.3, -0.25) is 0 Å². The molecule has 0 aliphatic heterocycles. The normalized spacial score (nSPS) is 11.6. The zero-order valence-corrected chi connectivity index (χ0v) is 9.02. The summed E-state index contributed by atoms with van der Waals surface area (Å²) < 4.78 is 34.4. The van der Waals surface area contributed by atoms with E-state index in [-0.39, 0.29) is 12.0 Å². The minimum Gasteiger partial charge on any atom is -0.508 e. The van der Waals surface area contributed by atoms with Crippen LogP contribution in [0.1, 0.15) is 5.56 Å². The van der Waals surface area contributed by atoms with Gasteiger partial charge in [0.2, 0.25) is 9.05 Å². The molecule has 0 bridgehead atoms. The summed E-state index contributed by atoms with van der Waals surface area (Å²) in [7, 11) is 1.18. The Balaban J connectivity index is 2.99. The van der Waals surface area contributed by atoms with E-state index in [9.17, 15) is 17.9 Å². The van der Waals surface area contributed by atoms with Crippen molar-refractivity contribution in [2.75, 3.05) is 5.75 Å². The number of phenols is 2. The number of phenolic OH excluding ortho intramolecular Hbond substituents is 2. The molecule has 0 atom stereocenters. The van der Waals surface area contributed by atoms with Crippen LogP contribution in [0.15, 0.2) is 12.1 Å². The Morgan fingerprint density at radius 3 is 2.33 bits per heavy atom. The number of halogens is 2. The van der Waals surface area contributed by atoms with E-state index in [1.54, 1.807) is 0 Å². The molecule has 2 N–H and O–H groups in total. The molecule has 0 radical (unpaired) electrons. The quantitative estimate of drug-likeness (QED) is 0.631. The average molecular weight is 255 g/mol. The smallest absolute Gasteiger partial charge is 0.232 e. The Morgan fingerprint density at radius 2 is 1.80 bits per heavy atom. The molecule has 0 fully saturated rings. The third-order valence-electron chi connectivity index (χ3n) is 1.79. The van der Waals surface area contributed by atoms with E-state index in [0.717, 1.165) is 12.1 Å². The lowest BCUT2D eigenvalue weighted by Crippen LogP contribution is -2.03. The fraction of sp³-hybridized carbons (Fsp3) is 0.250. The zero-order chi connectivity index (χ0) is 11.6. The van der Waals surface area contributed by atoms with E-state index in [0.29, 0.717) is 0 Å². The van der Waals surface area contributed by atoms with Crippen LogP contribution in [0.5, 0.6) is 11.5 Å². The van der Waals surface area contributed by atoms with E-state index >= 15 is 0 Å². The van der Waals surface area contributed by atoms with Gasteiger partial charge in [-0.2, -0.15) is 0 Å². The summed E-state index contributed by atoms with van der Waals surface area (Å²) in [6.45, 7) is 0. The van der Waals surface area contributed by atoms with E-state index in [1.165, 1.54) is 0 Å². The fourth-order valence-electron chi connectivity index (χ4n) is 1.06. The summed E-state index contributed by atoms with van der Waals surface area (Å²) in [6, 6.07) is 2.05. The van der Waals surface area contributed by atoms with E-state index in [1.807, 2.05) is 0 Å². The summed E-state index contributed by atoms with van der Waals surface area (Å²) in [6.07, 6.45) is -0.294. The van der Waals surface area contributed by atoms with E-state index < -0.39 is 32.1 Å². The van der Waals surface area contributed by atoms with Crippen molar-refractivity contribution >= 4 is 19.7 Å². The van der Waals surface area contributed by atoms with Crippen molar-refractivity contribution in [3.8, 4) is 11.5 Å². The zero-order valence-electron chi connectivity index (χ0n) is 7.44. The molecule has 0 spiro atoms. The van der Waals surface area contributed by atoms with E-state index in [2.05, 4.69) is 0 Å². The van der Waals surface area contributed by atoms with Crippen LogP contribution in [0.4, 0.5) is 4.39 Å². The lowest BCUT2D eigenvalue weighted by molar-refractivity contribution is 0.414. The molecule has 1 aromatic carbocycles. The van der Waals surface area contributed by atoms with Crippen LogP contribution in [0.25, 0.3) is 0 Å². The molecule has 0 unspecified atom stereocenters. The van der Waals surface area contributed by atoms with Crippen LogP contribution in [-0.4, -0.2) is 24.4 Å². The third-order valence-corrected chi connectivity index (χ3v) is 2.95. The first-order chi connectivity index (χ1) is 6.81. The monoisotopic (exact) mass is 254 g/mol. The molecule has 7 heteroatoms. The maximum Gasteiger partial charge on any atom is 0.232 e. The fourth-order valence-corrected chi connectivity index (χ4v) is 1.74. The van der Waals surface area contributed by atoms with Gasteiger partial charge >= 0.3 is 0 Å². The highest BCUT2D eigenvalue weighted by Crippen LogP contribution is 2.27. The molecular formula is C8H8ClFO4S. The maximum absolute atomic E-state index is 13.2. The lowest BCUT2D eigenvalue weighted by Gasteiger charge is -2.05. The lowest BCUT2D eigenvalue weighted by atomic mass is 10.1. The molecule has 1 aromatic rings. The molecule has 1 rings (SSSR count). The van der Waals surface area contributed by atoms with Gasteiger partial charge in [0.25, 0.3) is 0 Å². The minimum absolute atomic E-state index is 0.265. The van der Waals surface area contributed by atoms with Crippen LogP contribution in [0.2, 0.25) is 0 Å². The highest BCUT2D eigenvalue weighted by atomic mass is 35.7. The van der Waals surface area contributed by atoms with Crippen LogP contribution < -0.4 is 0 Å². The molecule has 0 amide bonds. The van der Waals surface area contributed by atoms with Crippen molar-refractivity contribution in [2.45, 2.75) is 6.42 Å². The standard InChI is InChI=1S/C8H8ClFO4S/c9-15(13,14)4-3-5-6(11)1-2-7(12)8(5)10/h1-2,11-12H,3-4H2. The first-order valence-corrected chi connectivity index (χ1v) is 6.41. The van der Waals surface area contributed by atoms with Gasteiger partial charge in [0.15, 0.2) is 11.6 Å².